The Morgan fingerprint density at radius 3 is 2.30 bits per heavy atom. The fourth-order valence-electron chi connectivity index (χ4n) is 2.53. The van der Waals surface area contributed by atoms with Crippen molar-refractivity contribution in [3.63, 3.8) is 0 Å². The smallest absolute Gasteiger partial charge is 0.240 e. The van der Waals surface area contributed by atoms with E-state index in [-0.39, 0.29) is 18.2 Å². The molecule has 0 bridgehead atoms. The first-order chi connectivity index (χ1) is 9.64. The SMILES string of the molecule is CCCNC(=O)CCNC(=O)C1(C#N)CCCCCC1. The predicted octanol–water partition coefficient (Wildman–Crippen LogP) is 1.88. The number of amides is 2. The van der Waals surface area contributed by atoms with E-state index in [0.717, 1.165) is 32.1 Å². The highest BCUT2D eigenvalue weighted by atomic mass is 16.2. The number of hydrogen-bond acceptors (Lipinski definition) is 3. The van der Waals surface area contributed by atoms with Crippen LogP contribution in [0.2, 0.25) is 0 Å². The molecule has 0 saturated heterocycles. The van der Waals surface area contributed by atoms with Crippen molar-refractivity contribution in [3.8, 4) is 6.07 Å². The summed E-state index contributed by atoms with van der Waals surface area (Å²) in [6.45, 7) is 2.96. The normalized spacial score (nSPS) is 17.6. The molecule has 1 rings (SSSR count). The molecular formula is C15H25N3O2. The van der Waals surface area contributed by atoms with Crippen LogP contribution in [0.25, 0.3) is 0 Å². The molecule has 0 radical (unpaired) electrons. The molecule has 5 heteroatoms. The van der Waals surface area contributed by atoms with E-state index in [1.54, 1.807) is 0 Å². The molecule has 0 spiro atoms. The van der Waals surface area contributed by atoms with Crippen LogP contribution in [0.15, 0.2) is 0 Å². The Kier molecular flexibility index (Phi) is 7.06. The van der Waals surface area contributed by atoms with Crippen molar-refractivity contribution in [1.82, 2.24) is 10.6 Å². The van der Waals surface area contributed by atoms with Crippen molar-refractivity contribution in [2.45, 2.75) is 58.3 Å². The lowest BCUT2D eigenvalue weighted by Crippen LogP contribution is -2.41. The van der Waals surface area contributed by atoms with Crippen LogP contribution in [0.4, 0.5) is 0 Å². The Hall–Kier alpha value is -1.57. The van der Waals surface area contributed by atoms with Gasteiger partial charge in [-0.2, -0.15) is 5.26 Å². The molecule has 0 aromatic carbocycles. The highest BCUT2D eigenvalue weighted by molar-refractivity contribution is 5.86. The van der Waals surface area contributed by atoms with Crippen LogP contribution in [0.3, 0.4) is 0 Å². The van der Waals surface area contributed by atoms with Crippen LogP contribution < -0.4 is 10.6 Å². The average molecular weight is 279 g/mol. The Bertz CT molecular complexity index is 366. The number of nitrogens with one attached hydrogen (secondary N) is 2. The standard InChI is InChI=1S/C15H25N3O2/c1-2-10-17-13(19)7-11-18-14(20)15(12-16)8-5-3-4-6-9-15/h2-11H2,1H3,(H,17,19)(H,18,20). The highest BCUT2D eigenvalue weighted by Gasteiger charge is 2.38. The minimum absolute atomic E-state index is 0.0565. The van der Waals surface area contributed by atoms with Gasteiger partial charge in [0.25, 0.3) is 0 Å². The minimum Gasteiger partial charge on any atom is -0.356 e. The lowest BCUT2D eigenvalue weighted by molar-refractivity contribution is -0.129. The quantitative estimate of drug-likeness (QED) is 0.728. The first-order valence-electron chi connectivity index (χ1n) is 7.61. The van der Waals surface area contributed by atoms with Crippen molar-refractivity contribution in [1.29, 1.82) is 5.26 Å². The summed E-state index contributed by atoms with van der Waals surface area (Å²) in [4.78, 5) is 23.7. The summed E-state index contributed by atoms with van der Waals surface area (Å²) in [7, 11) is 0. The van der Waals surface area contributed by atoms with Gasteiger partial charge in [0, 0.05) is 19.5 Å². The fraction of sp³-hybridized carbons (Fsp3) is 0.800. The number of nitriles is 1. The third-order valence-corrected chi connectivity index (χ3v) is 3.82. The van der Waals surface area contributed by atoms with Crippen molar-refractivity contribution < 1.29 is 9.59 Å². The van der Waals surface area contributed by atoms with Gasteiger partial charge in [-0.05, 0) is 19.3 Å². The molecule has 2 amide bonds. The summed E-state index contributed by atoms with van der Waals surface area (Å²) >= 11 is 0. The Balaban J connectivity index is 2.40. The monoisotopic (exact) mass is 279 g/mol. The Morgan fingerprint density at radius 2 is 1.75 bits per heavy atom. The third kappa shape index (κ3) is 4.84. The van der Waals surface area contributed by atoms with E-state index in [4.69, 9.17) is 0 Å². The number of carbonyl (C=O) groups is 2. The molecule has 1 fully saturated rings. The number of hydrogen-bond donors (Lipinski definition) is 2. The van der Waals surface area contributed by atoms with Gasteiger partial charge in [0.1, 0.15) is 5.41 Å². The van der Waals surface area contributed by atoms with E-state index in [2.05, 4.69) is 16.7 Å². The van der Waals surface area contributed by atoms with Gasteiger partial charge >= 0.3 is 0 Å². The zero-order valence-electron chi connectivity index (χ0n) is 12.3. The van der Waals surface area contributed by atoms with Crippen LogP contribution in [-0.4, -0.2) is 24.9 Å². The van der Waals surface area contributed by atoms with Crippen LogP contribution in [0.1, 0.15) is 58.3 Å². The summed E-state index contributed by atoms with van der Waals surface area (Å²) in [5, 5.41) is 14.9. The zero-order valence-corrected chi connectivity index (χ0v) is 12.3. The molecule has 20 heavy (non-hydrogen) atoms. The van der Waals surface area contributed by atoms with Gasteiger partial charge in [-0.25, -0.2) is 0 Å². The molecule has 112 valence electrons. The molecule has 1 aliphatic rings. The molecular weight excluding hydrogens is 254 g/mol. The van der Waals surface area contributed by atoms with Gasteiger partial charge in [-0.3, -0.25) is 9.59 Å². The Morgan fingerprint density at radius 1 is 1.10 bits per heavy atom. The van der Waals surface area contributed by atoms with Gasteiger partial charge < -0.3 is 10.6 Å². The summed E-state index contributed by atoms with van der Waals surface area (Å²) in [5.41, 5.74) is -0.879. The van der Waals surface area contributed by atoms with Gasteiger partial charge in [0.05, 0.1) is 6.07 Å². The lowest BCUT2D eigenvalue weighted by atomic mass is 9.81. The topological polar surface area (TPSA) is 82.0 Å². The minimum atomic E-state index is -0.879. The van der Waals surface area contributed by atoms with Gasteiger partial charge in [0.2, 0.25) is 11.8 Å². The zero-order chi connectivity index (χ0) is 14.8. The third-order valence-electron chi connectivity index (χ3n) is 3.82. The highest BCUT2D eigenvalue weighted by Crippen LogP contribution is 2.34. The van der Waals surface area contributed by atoms with E-state index in [1.165, 1.54) is 0 Å². The van der Waals surface area contributed by atoms with E-state index in [9.17, 15) is 14.9 Å². The van der Waals surface area contributed by atoms with Gasteiger partial charge in [-0.15, -0.1) is 0 Å². The molecule has 0 aliphatic heterocycles. The second-order valence-corrected chi connectivity index (χ2v) is 5.46. The van der Waals surface area contributed by atoms with Crippen LogP contribution in [-0.2, 0) is 9.59 Å². The molecule has 1 saturated carbocycles. The summed E-state index contributed by atoms with van der Waals surface area (Å²) in [5.74, 6) is -0.260. The van der Waals surface area contributed by atoms with E-state index in [0.29, 0.717) is 25.9 Å². The largest absolute Gasteiger partial charge is 0.356 e. The maximum atomic E-state index is 12.2. The van der Waals surface area contributed by atoms with Gasteiger partial charge in [0.15, 0.2) is 0 Å². The van der Waals surface area contributed by atoms with Crippen molar-refractivity contribution in [2.75, 3.05) is 13.1 Å². The first-order valence-corrected chi connectivity index (χ1v) is 7.61. The molecule has 5 nitrogen and oxygen atoms in total. The molecule has 0 aromatic heterocycles. The number of rotatable bonds is 6. The second kappa shape index (κ2) is 8.57. The maximum Gasteiger partial charge on any atom is 0.240 e. The molecule has 1 aliphatic carbocycles. The Labute approximate surface area is 121 Å². The molecule has 2 N–H and O–H groups in total. The van der Waals surface area contributed by atoms with Crippen molar-refractivity contribution in [3.05, 3.63) is 0 Å². The predicted molar refractivity (Wildman–Crippen MR) is 76.7 cm³/mol. The van der Waals surface area contributed by atoms with Crippen molar-refractivity contribution in [2.24, 2.45) is 5.41 Å². The second-order valence-electron chi connectivity index (χ2n) is 5.46. The van der Waals surface area contributed by atoms with Crippen LogP contribution in [0.5, 0.6) is 0 Å². The summed E-state index contributed by atoms with van der Waals surface area (Å²) in [6, 6.07) is 2.22. The van der Waals surface area contributed by atoms with Gasteiger partial charge in [-0.1, -0.05) is 32.6 Å². The maximum absolute atomic E-state index is 12.2. The lowest BCUT2D eigenvalue weighted by Gasteiger charge is -2.23. The molecule has 0 unspecified atom stereocenters. The first kappa shape index (κ1) is 16.5. The fourth-order valence-corrected chi connectivity index (χ4v) is 2.53. The van der Waals surface area contributed by atoms with E-state index >= 15 is 0 Å². The van der Waals surface area contributed by atoms with Crippen LogP contribution in [0, 0.1) is 16.7 Å². The summed E-state index contributed by atoms with van der Waals surface area (Å²) in [6.07, 6.45) is 6.49. The average Bonchev–Trinajstić information content (AvgIpc) is 2.71. The summed E-state index contributed by atoms with van der Waals surface area (Å²) < 4.78 is 0. The number of carbonyl (C=O) groups excluding carboxylic acids is 2. The molecule has 0 atom stereocenters. The molecule has 0 aromatic rings. The molecule has 0 heterocycles. The van der Waals surface area contributed by atoms with E-state index < -0.39 is 5.41 Å². The number of nitrogens with zero attached hydrogens (tertiary/aromatic N) is 1. The van der Waals surface area contributed by atoms with Crippen molar-refractivity contribution >= 4 is 11.8 Å². The van der Waals surface area contributed by atoms with E-state index in [1.807, 2.05) is 6.92 Å². The van der Waals surface area contributed by atoms with Crippen LogP contribution >= 0.6 is 0 Å².